The predicted molar refractivity (Wildman–Crippen MR) is 185 cm³/mol. The van der Waals surface area contributed by atoms with E-state index in [1.165, 1.54) is 69.9 Å². The zero-order valence-corrected chi connectivity index (χ0v) is 30.3. The molecule has 264 valence electrons. The highest BCUT2D eigenvalue weighted by Gasteiger charge is 2.59. The van der Waals surface area contributed by atoms with Gasteiger partial charge in [-0.15, -0.1) is 0 Å². The van der Waals surface area contributed by atoms with Crippen LogP contribution in [0.3, 0.4) is 0 Å². The Morgan fingerprint density at radius 2 is 1.57 bits per heavy atom. The van der Waals surface area contributed by atoms with Crippen LogP contribution in [0.25, 0.3) is 0 Å². The summed E-state index contributed by atoms with van der Waals surface area (Å²) in [6.07, 6.45) is 17.2. The summed E-state index contributed by atoms with van der Waals surface area (Å²) in [6, 6.07) is 5.99. The summed E-state index contributed by atoms with van der Waals surface area (Å²) in [6.45, 7) is 15.1. The largest absolute Gasteiger partial charge is 0.394 e. The summed E-state index contributed by atoms with van der Waals surface area (Å²) < 4.78 is 34.2. The molecule has 8 heteroatoms. The molecule has 5 rings (SSSR count). The van der Waals surface area contributed by atoms with Gasteiger partial charge >= 0.3 is 0 Å². The van der Waals surface area contributed by atoms with Crippen LogP contribution in [0, 0.1) is 53.3 Å². The molecule has 1 unspecified atom stereocenters. The Labute approximate surface area is 280 Å². The first kappa shape index (κ1) is 39.2. The molecule has 0 saturated heterocycles. The summed E-state index contributed by atoms with van der Waals surface area (Å²) in [5.74, 6) is 5.46. The molecule has 1 aromatic carbocycles. The van der Waals surface area contributed by atoms with Crippen LogP contribution in [-0.4, -0.2) is 60.8 Å². The van der Waals surface area contributed by atoms with Crippen LogP contribution in [0.2, 0.25) is 0 Å². The number of allylic oxidation sites excluding steroid dienone is 1. The minimum Gasteiger partial charge on any atom is -0.394 e. The lowest BCUT2D eigenvalue weighted by Gasteiger charge is -2.58. The van der Waals surface area contributed by atoms with E-state index in [0.29, 0.717) is 24.0 Å². The number of hydrogen-bond acceptors (Lipinski definition) is 6. The smallest absolute Gasteiger partial charge is 0.294 e. The number of hydrogen-bond donors (Lipinski definition) is 4. The van der Waals surface area contributed by atoms with Gasteiger partial charge in [0.05, 0.1) is 37.4 Å². The van der Waals surface area contributed by atoms with E-state index in [-0.39, 0.29) is 24.2 Å². The van der Waals surface area contributed by atoms with Crippen molar-refractivity contribution >= 4 is 10.1 Å². The molecule has 0 amide bonds. The molecule has 46 heavy (non-hydrogen) atoms. The normalized spacial score (nSPS) is 32.5. The molecule has 4 aliphatic carbocycles. The quantitative estimate of drug-likeness (QED) is 0.115. The second kappa shape index (κ2) is 17.4. The fourth-order valence-corrected chi connectivity index (χ4v) is 10.1. The van der Waals surface area contributed by atoms with E-state index in [1.807, 2.05) is 6.92 Å². The summed E-state index contributed by atoms with van der Waals surface area (Å²) in [7, 11) is -4.02. The van der Waals surface area contributed by atoms with E-state index in [2.05, 4.69) is 45.4 Å². The lowest BCUT2D eigenvalue weighted by atomic mass is 9.47. The molecule has 0 heterocycles. The van der Waals surface area contributed by atoms with E-state index in [0.717, 1.165) is 53.9 Å². The van der Waals surface area contributed by atoms with Crippen molar-refractivity contribution in [1.29, 1.82) is 0 Å². The topological polar surface area (TPSA) is 124 Å². The van der Waals surface area contributed by atoms with Crippen LogP contribution >= 0.6 is 0 Å². The molecule has 7 nitrogen and oxygen atoms in total. The number of fused-ring (bicyclic) bond motifs is 5. The standard InChI is InChI=1S/C27H46O.C7H8O3S.C4H10O3/c1-18(2)7-6-8-19(3)23-11-12-24-22-10-9-20-17-21(28)13-15-26(20,4)25(22)14-16-27(23,24)5;1-6-2-4-7(5-3-6)11(8,9)10;5-1-3-7-4-2-6/h9,18-19,21-25,28H,6-8,10-17H2,1-5H3;2-5H,1H3,(H,8,9,10);5-6H,1-4H2/t19?,21-,22-,23+,24-,25-,26-,27+;;/m0../s1. The van der Waals surface area contributed by atoms with Crippen LogP contribution in [0.1, 0.15) is 111 Å². The number of aliphatic hydroxyl groups excluding tert-OH is 3. The lowest BCUT2D eigenvalue weighted by molar-refractivity contribution is -0.0573. The van der Waals surface area contributed by atoms with Crippen molar-refractivity contribution in [2.45, 2.75) is 123 Å². The van der Waals surface area contributed by atoms with Gasteiger partial charge in [0.2, 0.25) is 0 Å². The molecule has 0 radical (unpaired) electrons. The van der Waals surface area contributed by atoms with Crippen LogP contribution in [-0.2, 0) is 14.9 Å². The van der Waals surface area contributed by atoms with Crippen molar-refractivity contribution in [3.8, 4) is 0 Å². The predicted octanol–water partition coefficient (Wildman–Crippen LogP) is 7.62. The van der Waals surface area contributed by atoms with Gasteiger partial charge in [-0.2, -0.15) is 8.42 Å². The highest BCUT2D eigenvalue weighted by Crippen LogP contribution is 2.67. The minimum atomic E-state index is -4.02. The number of aryl methyl sites for hydroxylation is 1. The second-order valence-corrected chi connectivity index (χ2v) is 17.0. The molecule has 4 N–H and O–H groups in total. The third kappa shape index (κ3) is 9.88. The zero-order valence-electron chi connectivity index (χ0n) is 29.5. The molecule has 0 aromatic heterocycles. The molecular formula is C38H64O7S. The molecule has 8 atom stereocenters. The monoisotopic (exact) mass is 664 g/mol. The number of rotatable bonds is 10. The van der Waals surface area contributed by atoms with E-state index < -0.39 is 10.1 Å². The third-order valence-electron chi connectivity index (χ3n) is 12.1. The number of benzene rings is 1. The van der Waals surface area contributed by atoms with Gasteiger partial charge in [-0.05, 0) is 117 Å². The summed E-state index contributed by atoms with van der Waals surface area (Å²) in [4.78, 5) is -0.0666. The fraction of sp³-hybridized carbons (Fsp3) is 0.789. The Hall–Kier alpha value is -1.29. The van der Waals surface area contributed by atoms with Crippen molar-refractivity contribution in [2.24, 2.45) is 46.3 Å². The maximum Gasteiger partial charge on any atom is 0.294 e. The maximum atomic E-state index is 10.5. The van der Waals surface area contributed by atoms with E-state index in [1.54, 1.807) is 17.7 Å². The molecular weight excluding hydrogens is 600 g/mol. The summed E-state index contributed by atoms with van der Waals surface area (Å²) >= 11 is 0. The SMILES string of the molecule is CC(C)CCCC(C)[C@H]1CC[C@H]2[C@@H]3CC=C4C[C@@H](O)CC[C@]4(C)[C@H]3CC[C@]12C.Cc1ccc(S(=O)(=O)O)cc1.OCCOCCO. The van der Waals surface area contributed by atoms with Gasteiger partial charge in [0, 0.05) is 0 Å². The zero-order chi connectivity index (χ0) is 34.1. The van der Waals surface area contributed by atoms with Crippen molar-refractivity contribution < 1.29 is 33.0 Å². The van der Waals surface area contributed by atoms with Gasteiger partial charge in [-0.25, -0.2) is 0 Å². The molecule has 3 fully saturated rings. The van der Waals surface area contributed by atoms with Gasteiger partial charge in [0.1, 0.15) is 0 Å². The maximum absolute atomic E-state index is 10.5. The highest BCUT2D eigenvalue weighted by atomic mass is 32.2. The Kier molecular flexibility index (Phi) is 14.8. The molecule has 4 aliphatic rings. The van der Waals surface area contributed by atoms with Gasteiger partial charge in [-0.3, -0.25) is 4.55 Å². The van der Waals surface area contributed by atoms with Crippen LogP contribution < -0.4 is 0 Å². The van der Waals surface area contributed by atoms with Crippen molar-refractivity contribution in [2.75, 3.05) is 26.4 Å². The number of ether oxygens (including phenoxy) is 1. The first-order valence-corrected chi connectivity index (χ1v) is 19.3. The number of aliphatic hydroxyl groups is 3. The fourth-order valence-electron chi connectivity index (χ4n) is 9.61. The second-order valence-electron chi connectivity index (χ2n) is 15.5. The molecule has 0 spiro atoms. The van der Waals surface area contributed by atoms with E-state index in [4.69, 9.17) is 14.8 Å². The van der Waals surface area contributed by atoms with Crippen molar-refractivity contribution in [3.05, 3.63) is 41.5 Å². The highest BCUT2D eigenvalue weighted by molar-refractivity contribution is 7.85. The third-order valence-corrected chi connectivity index (χ3v) is 12.9. The first-order chi connectivity index (χ1) is 21.7. The molecule has 1 aromatic rings. The van der Waals surface area contributed by atoms with E-state index in [9.17, 15) is 13.5 Å². The summed E-state index contributed by atoms with van der Waals surface area (Å²) in [5.41, 5.74) is 3.56. The van der Waals surface area contributed by atoms with Gasteiger partial charge in [0.25, 0.3) is 10.1 Å². The molecule has 0 aliphatic heterocycles. The average molecular weight is 665 g/mol. The Morgan fingerprint density at radius 3 is 2.15 bits per heavy atom. The van der Waals surface area contributed by atoms with E-state index >= 15 is 0 Å². The van der Waals surface area contributed by atoms with Gasteiger partial charge in [0.15, 0.2) is 0 Å². The Bertz CT molecular complexity index is 1190. The van der Waals surface area contributed by atoms with Crippen molar-refractivity contribution in [1.82, 2.24) is 0 Å². The average Bonchev–Trinajstić information content (AvgIpc) is 3.35. The van der Waals surface area contributed by atoms with Gasteiger partial charge < -0.3 is 20.1 Å². The summed E-state index contributed by atoms with van der Waals surface area (Å²) in [5, 5.41) is 26.4. The van der Waals surface area contributed by atoms with Gasteiger partial charge in [-0.1, -0.05) is 83.2 Å². The molecule has 0 bridgehead atoms. The lowest BCUT2D eigenvalue weighted by Crippen LogP contribution is -2.50. The first-order valence-electron chi connectivity index (χ1n) is 17.9. The molecule has 3 saturated carbocycles. The van der Waals surface area contributed by atoms with Crippen LogP contribution in [0.15, 0.2) is 40.8 Å². The Morgan fingerprint density at radius 1 is 0.913 bits per heavy atom. The minimum absolute atomic E-state index is 0.0278. The van der Waals surface area contributed by atoms with Crippen molar-refractivity contribution in [3.63, 3.8) is 0 Å². The van der Waals surface area contributed by atoms with Crippen LogP contribution in [0.4, 0.5) is 0 Å². The Balaban J connectivity index is 0.000000263. The van der Waals surface area contributed by atoms with Crippen LogP contribution in [0.5, 0.6) is 0 Å².